The van der Waals surface area contributed by atoms with Crippen molar-refractivity contribution in [3.63, 3.8) is 0 Å². The molecule has 0 saturated carbocycles. The van der Waals surface area contributed by atoms with Gasteiger partial charge in [0.25, 0.3) is 0 Å². The number of pyridine rings is 1. The van der Waals surface area contributed by atoms with Crippen molar-refractivity contribution in [3.05, 3.63) is 59.4 Å². The van der Waals surface area contributed by atoms with Crippen molar-refractivity contribution >= 4 is 22.6 Å². The maximum Gasteiger partial charge on any atom is 0.338 e. The molecule has 1 N–H and O–H groups in total. The molecule has 0 aliphatic carbocycles. The number of carboxylic acid groups (broad SMARTS) is 1. The molecule has 27 heavy (non-hydrogen) atoms. The van der Waals surface area contributed by atoms with Gasteiger partial charge in [0.1, 0.15) is 5.82 Å². The number of fused-ring (bicyclic) bond motifs is 1. The third-order valence-electron chi connectivity index (χ3n) is 5.13. The second-order valence-electron chi connectivity index (χ2n) is 7.06. The molecule has 1 fully saturated rings. The molecule has 1 saturated heterocycles. The number of aromatic nitrogens is 1. The SMILES string of the molecule is Cc1ccc(-c2nc3ccc(F)cc3c(C(=O)O)c2N2CCCCC2)cc1. The number of halogens is 1. The average Bonchev–Trinajstić information content (AvgIpc) is 2.67. The molecule has 1 aromatic heterocycles. The predicted octanol–water partition coefficient (Wildman–Crippen LogP) is 5.04. The summed E-state index contributed by atoms with van der Waals surface area (Å²) in [4.78, 5) is 19.1. The van der Waals surface area contributed by atoms with Crippen molar-refractivity contribution in [2.45, 2.75) is 26.2 Å². The van der Waals surface area contributed by atoms with Crippen LogP contribution in [0.25, 0.3) is 22.2 Å². The van der Waals surface area contributed by atoms with Gasteiger partial charge in [-0.15, -0.1) is 0 Å². The number of hydrogen-bond donors (Lipinski definition) is 1. The van der Waals surface area contributed by atoms with Crippen LogP contribution in [0.4, 0.5) is 10.1 Å². The average molecular weight is 364 g/mol. The molecule has 0 bridgehead atoms. The number of benzene rings is 2. The van der Waals surface area contributed by atoms with Gasteiger partial charge < -0.3 is 10.0 Å². The van der Waals surface area contributed by atoms with Gasteiger partial charge >= 0.3 is 5.97 Å². The summed E-state index contributed by atoms with van der Waals surface area (Å²) in [5.41, 5.74) is 3.87. The van der Waals surface area contributed by atoms with E-state index in [0.717, 1.165) is 43.5 Å². The van der Waals surface area contributed by atoms with Crippen molar-refractivity contribution in [3.8, 4) is 11.3 Å². The lowest BCUT2D eigenvalue weighted by Gasteiger charge is -2.32. The molecule has 0 radical (unpaired) electrons. The fourth-order valence-corrected chi connectivity index (χ4v) is 3.78. The van der Waals surface area contributed by atoms with Crippen LogP contribution in [-0.2, 0) is 0 Å². The third kappa shape index (κ3) is 3.25. The van der Waals surface area contributed by atoms with Crippen LogP contribution in [0.1, 0.15) is 35.2 Å². The van der Waals surface area contributed by atoms with E-state index in [1.54, 1.807) is 6.07 Å². The van der Waals surface area contributed by atoms with Gasteiger partial charge in [-0.25, -0.2) is 14.2 Å². The van der Waals surface area contributed by atoms with Crippen LogP contribution in [0.5, 0.6) is 0 Å². The zero-order chi connectivity index (χ0) is 19.0. The molecular formula is C22H21FN2O2. The molecule has 4 nitrogen and oxygen atoms in total. The van der Waals surface area contributed by atoms with Crippen LogP contribution < -0.4 is 4.90 Å². The highest BCUT2D eigenvalue weighted by Crippen LogP contribution is 2.38. The molecule has 2 aromatic carbocycles. The molecule has 138 valence electrons. The van der Waals surface area contributed by atoms with Gasteiger partial charge in [-0.3, -0.25) is 0 Å². The fraction of sp³-hybridized carbons (Fsp3) is 0.273. The van der Waals surface area contributed by atoms with Crippen LogP contribution in [0.2, 0.25) is 0 Å². The Labute approximate surface area is 157 Å². The summed E-state index contributed by atoms with van der Waals surface area (Å²) in [5.74, 6) is -1.51. The number of hydrogen-bond acceptors (Lipinski definition) is 3. The molecule has 0 unspecified atom stereocenters. The molecular weight excluding hydrogens is 343 g/mol. The molecule has 0 spiro atoms. The molecule has 2 heterocycles. The van der Waals surface area contributed by atoms with Gasteiger partial charge in [-0.1, -0.05) is 29.8 Å². The van der Waals surface area contributed by atoms with Gasteiger partial charge in [0, 0.05) is 24.0 Å². The lowest BCUT2D eigenvalue weighted by Crippen LogP contribution is -2.31. The Balaban J connectivity index is 2.06. The summed E-state index contributed by atoms with van der Waals surface area (Å²) in [6.07, 6.45) is 3.15. The van der Waals surface area contributed by atoms with E-state index >= 15 is 0 Å². The Morgan fingerprint density at radius 1 is 1.07 bits per heavy atom. The van der Waals surface area contributed by atoms with Crippen molar-refractivity contribution in [2.75, 3.05) is 18.0 Å². The standard InChI is InChI=1S/C22H21FN2O2/c1-14-5-7-15(8-6-14)20-21(25-11-3-2-4-12-25)19(22(26)27)17-13-16(23)9-10-18(17)24-20/h5-10,13H,2-4,11-12H2,1H3,(H,26,27). The topological polar surface area (TPSA) is 53.4 Å². The minimum absolute atomic E-state index is 0.136. The smallest absolute Gasteiger partial charge is 0.338 e. The number of carboxylic acids is 1. The number of nitrogens with zero attached hydrogens (tertiary/aromatic N) is 2. The maximum absolute atomic E-state index is 13.9. The Bertz CT molecular complexity index is 1010. The largest absolute Gasteiger partial charge is 0.478 e. The number of carbonyl (C=O) groups is 1. The third-order valence-corrected chi connectivity index (χ3v) is 5.13. The monoisotopic (exact) mass is 364 g/mol. The quantitative estimate of drug-likeness (QED) is 0.707. The minimum Gasteiger partial charge on any atom is -0.478 e. The summed E-state index contributed by atoms with van der Waals surface area (Å²) in [7, 11) is 0. The first-order valence-electron chi connectivity index (χ1n) is 9.23. The summed E-state index contributed by atoms with van der Waals surface area (Å²) in [6.45, 7) is 3.57. The number of anilines is 1. The molecule has 0 amide bonds. The Hall–Kier alpha value is -2.95. The maximum atomic E-state index is 13.9. The molecule has 3 aromatic rings. The number of aryl methyl sites for hydroxylation is 1. The number of aromatic carboxylic acids is 1. The highest BCUT2D eigenvalue weighted by Gasteiger charge is 2.26. The van der Waals surface area contributed by atoms with Crippen LogP contribution in [0, 0.1) is 12.7 Å². The summed E-state index contributed by atoms with van der Waals surface area (Å²) < 4.78 is 13.9. The zero-order valence-electron chi connectivity index (χ0n) is 15.2. The molecule has 0 atom stereocenters. The first-order chi connectivity index (χ1) is 13.0. The lowest BCUT2D eigenvalue weighted by atomic mass is 9.98. The van der Waals surface area contributed by atoms with E-state index in [1.165, 1.54) is 12.1 Å². The van der Waals surface area contributed by atoms with Gasteiger partial charge in [0.2, 0.25) is 0 Å². The fourth-order valence-electron chi connectivity index (χ4n) is 3.78. The molecule has 1 aliphatic heterocycles. The normalized spacial score (nSPS) is 14.5. The van der Waals surface area contributed by atoms with Crippen LogP contribution >= 0.6 is 0 Å². The zero-order valence-corrected chi connectivity index (χ0v) is 15.2. The van der Waals surface area contributed by atoms with E-state index in [1.807, 2.05) is 31.2 Å². The van der Waals surface area contributed by atoms with E-state index in [2.05, 4.69) is 4.90 Å². The Morgan fingerprint density at radius 3 is 2.44 bits per heavy atom. The lowest BCUT2D eigenvalue weighted by molar-refractivity contribution is 0.0699. The second kappa shape index (κ2) is 6.99. The van der Waals surface area contributed by atoms with Crippen molar-refractivity contribution in [1.82, 2.24) is 4.98 Å². The Morgan fingerprint density at radius 2 is 1.78 bits per heavy atom. The van der Waals surface area contributed by atoms with E-state index in [-0.39, 0.29) is 5.56 Å². The van der Waals surface area contributed by atoms with Crippen molar-refractivity contribution in [1.29, 1.82) is 0 Å². The first kappa shape index (κ1) is 17.5. The summed E-state index contributed by atoms with van der Waals surface area (Å²) >= 11 is 0. The second-order valence-corrected chi connectivity index (χ2v) is 7.06. The van der Waals surface area contributed by atoms with Gasteiger partial charge in [-0.2, -0.15) is 0 Å². The molecule has 4 rings (SSSR count). The van der Waals surface area contributed by atoms with Gasteiger partial charge in [0.15, 0.2) is 0 Å². The number of rotatable bonds is 3. The van der Waals surface area contributed by atoms with E-state index in [4.69, 9.17) is 4.98 Å². The predicted molar refractivity (Wildman–Crippen MR) is 105 cm³/mol. The van der Waals surface area contributed by atoms with Crippen molar-refractivity contribution < 1.29 is 14.3 Å². The van der Waals surface area contributed by atoms with Gasteiger partial charge in [-0.05, 0) is 44.4 Å². The highest BCUT2D eigenvalue weighted by molar-refractivity contribution is 6.10. The first-order valence-corrected chi connectivity index (χ1v) is 9.23. The van der Waals surface area contributed by atoms with E-state index < -0.39 is 11.8 Å². The van der Waals surface area contributed by atoms with Crippen LogP contribution in [0.15, 0.2) is 42.5 Å². The minimum atomic E-state index is -1.05. The Kier molecular flexibility index (Phi) is 4.52. The molecule has 1 aliphatic rings. The van der Waals surface area contributed by atoms with Crippen LogP contribution in [0.3, 0.4) is 0 Å². The highest BCUT2D eigenvalue weighted by atomic mass is 19.1. The van der Waals surface area contributed by atoms with Crippen LogP contribution in [-0.4, -0.2) is 29.1 Å². The van der Waals surface area contributed by atoms with Crippen molar-refractivity contribution in [2.24, 2.45) is 0 Å². The summed E-state index contributed by atoms with van der Waals surface area (Å²) in [5, 5.41) is 10.4. The summed E-state index contributed by atoms with van der Waals surface area (Å²) in [6, 6.07) is 12.1. The van der Waals surface area contributed by atoms with E-state index in [9.17, 15) is 14.3 Å². The van der Waals surface area contributed by atoms with E-state index in [0.29, 0.717) is 22.3 Å². The number of piperidine rings is 1. The van der Waals surface area contributed by atoms with Gasteiger partial charge in [0.05, 0.1) is 22.5 Å². The molecule has 5 heteroatoms.